The number of rotatable bonds is 2. The highest BCUT2D eigenvalue weighted by atomic mass is 16.7. The van der Waals surface area contributed by atoms with Gasteiger partial charge in [0.1, 0.15) is 6.10 Å². The molecule has 0 bridgehead atoms. The molecular formula is C29H47NO4. The van der Waals surface area contributed by atoms with E-state index in [-0.39, 0.29) is 24.4 Å². The van der Waals surface area contributed by atoms with E-state index in [1.165, 1.54) is 44.9 Å². The normalized spacial score (nSPS) is 56.3. The van der Waals surface area contributed by atoms with Crippen LogP contribution in [0.3, 0.4) is 0 Å². The van der Waals surface area contributed by atoms with Gasteiger partial charge in [0.05, 0.1) is 19.3 Å². The molecule has 5 heteroatoms. The average Bonchev–Trinajstić information content (AvgIpc) is 3.26. The summed E-state index contributed by atoms with van der Waals surface area (Å²) in [6.45, 7) is 10.8. The number of fused-ring (bicyclic) bond motifs is 7. The predicted molar refractivity (Wildman–Crippen MR) is 131 cm³/mol. The molecule has 34 heavy (non-hydrogen) atoms. The lowest BCUT2D eigenvalue weighted by Gasteiger charge is -2.61. The van der Waals surface area contributed by atoms with Crippen LogP contribution in [0.1, 0.15) is 91.9 Å². The molecule has 0 aromatic heterocycles. The summed E-state index contributed by atoms with van der Waals surface area (Å²) in [4.78, 5) is 11.8. The largest absolute Gasteiger partial charge is 0.461 e. The molecule has 2 N–H and O–H groups in total. The van der Waals surface area contributed by atoms with E-state index in [0.29, 0.717) is 40.6 Å². The molecule has 4 aliphatic carbocycles. The summed E-state index contributed by atoms with van der Waals surface area (Å²) >= 11 is 0. The zero-order chi connectivity index (χ0) is 23.9. The first kappa shape index (κ1) is 23.7. The van der Waals surface area contributed by atoms with Crippen LogP contribution in [0.5, 0.6) is 0 Å². The van der Waals surface area contributed by atoms with Gasteiger partial charge in [0.15, 0.2) is 5.79 Å². The van der Waals surface area contributed by atoms with Crippen molar-refractivity contribution in [3.8, 4) is 0 Å². The molecule has 2 aliphatic heterocycles. The number of carbonyl (C=O) groups is 1. The molecule has 6 fully saturated rings. The van der Waals surface area contributed by atoms with Gasteiger partial charge in [-0.3, -0.25) is 4.79 Å². The van der Waals surface area contributed by atoms with Gasteiger partial charge in [-0.05, 0) is 104 Å². The molecule has 2 saturated heterocycles. The fourth-order valence-corrected chi connectivity index (χ4v) is 10.6. The minimum atomic E-state index is -0.310. The molecule has 0 aromatic rings. The lowest BCUT2D eigenvalue weighted by Crippen LogP contribution is -2.55. The molecule has 192 valence electrons. The van der Waals surface area contributed by atoms with Crippen molar-refractivity contribution in [3.05, 3.63) is 0 Å². The third kappa shape index (κ3) is 3.31. The van der Waals surface area contributed by atoms with Crippen molar-refractivity contribution < 1.29 is 19.0 Å². The maximum atomic E-state index is 11.8. The van der Waals surface area contributed by atoms with E-state index in [4.69, 9.17) is 19.9 Å². The van der Waals surface area contributed by atoms with Crippen molar-refractivity contribution in [3.63, 3.8) is 0 Å². The summed E-state index contributed by atoms with van der Waals surface area (Å²) in [7, 11) is 0. The molecule has 2 heterocycles. The van der Waals surface area contributed by atoms with Gasteiger partial charge in [-0.15, -0.1) is 0 Å². The van der Waals surface area contributed by atoms with Gasteiger partial charge in [-0.2, -0.15) is 0 Å². The molecule has 1 spiro atoms. The fraction of sp³-hybridized carbons (Fsp3) is 0.966. The molecule has 4 saturated carbocycles. The van der Waals surface area contributed by atoms with Crippen molar-refractivity contribution in [2.75, 3.05) is 13.2 Å². The summed E-state index contributed by atoms with van der Waals surface area (Å²) in [6.07, 6.45) is 12.6. The third-order valence-electron chi connectivity index (χ3n) is 12.3. The molecule has 5 nitrogen and oxygen atoms in total. The van der Waals surface area contributed by atoms with Crippen molar-refractivity contribution in [2.24, 2.45) is 58.0 Å². The Labute approximate surface area is 206 Å². The molecular weight excluding hydrogens is 426 g/mol. The molecule has 12 atom stereocenters. The number of esters is 1. The van der Waals surface area contributed by atoms with Crippen LogP contribution in [-0.2, 0) is 19.0 Å². The maximum absolute atomic E-state index is 11.8. The first-order chi connectivity index (χ1) is 16.2. The number of ether oxygens (including phenoxy) is 3. The van der Waals surface area contributed by atoms with Crippen LogP contribution in [0.2, 0.25) is 0 Å². The smallest absolute Gasteiger partial charge is 0.319 e. The molecule has 7 unspecified atom stereocenters. The van der Waals surface area contributed by atoms with Crippen LogP contribution < -0.4 is 5.73 Å². The van der Waals surface area contributed by atoms with Gasteiger partial charge in [0.2, 0.25) is 0 Å². The summed E-state index contributed by atoms with van der Waals surface area (Å²) in [6, 6.07) is 0. The minimum Gasteiger partial charge on any atom is -0.461 e. The monoisotopic (exact) mass is 473 g/mol. The van der Waals surface area contributed by atoms with Gasteiger partial charge < -0.3 is 19.9 Å². The average molecular weight is 474 g/mol. The van der Waals surface area contributed by atoms with E-state index in [1.807, 2.05) is 0 Å². The standard InChI is InChI=1S/C29H47NO4/c1-17-7-12-29(32-16-17)18(2)26-24(34-29)14-23-21-6-5-19-13-20(33-25(31)15-30)8-10-27(19,3)22(21)9-11-28(23,26)4/h17-24,26H,5-16,30H2,1-4H3/t17-,18?,19?,20-,21?,22?,23?,24?,26?,27+,28+,29-/m1/s1. The Hall–Kier alpha value is -0.650. The third-order valence-corrected chi connectivity index (χ3v) is 12.3. The first-order valence-corrected chi connectivity index (χ1v) is 14.4. The summed E-state index contributed by atoms with van der Waals surface area (Å²) < 4.78 is 19.1. The number of hydrogen-bond donors (Lipinski definition) is 1. The molecule has 0 amide bonds. The van der Waals surface area contributed by atoms with Gasteiger partial charge in [0.25, 0.3) is 0 Å². The van der Waals surface area contributed by atoms with Crippen molar-refractivity contribution in [1.82, 2.24) is 0 Å². The highest BCUT2D eigenvalue weighted by Gasteiger charge is 2.69. The number of carbonyl (C=O) groups excluding carboxylic acids is 1. The Balaban J connectivity index is 1.19. The van der Waals surface area contributed by atoms with Crippen LogP contribution in [-0.4, -0.2) is 37.1 Å². The molecule has 6 rings (SSSR count). The molecule has 0 aromatic carbocycles. The minimum absolute atomic E-state index is 0.00241. The maximum Gasteiger partial charge on any atom is 0.319 e. The second-order valence-electron chi connectivity index (χ2n) is 13.8. The van der Waals surface area contributed by atoms with Gasteiger partial charge >= 0.3 is 5.97 Å². The van der Waals surface area contributed by atoms with Gasteiger partial charge in [-0.25, -0.2) is 0 Å². The first-order valence-electron chi connectivity index (χ1n) is 14.4. The predicted octanol–water partition coefficient (Wildman–Crippen LogP) is 5.30. The number of nitrogens with two attached hydrogens (primary N) is 1. The fourth-order valence-electron chi connectivity index (χ4n) is 10.6. The van der Waals surface area contributed by atoms with E-state index < -0.39 is 0 Å². The van der Waals surface area contributed by atoms with E-state index in [2.05, 4.69) is 27.7 Å². The van der Waals surface area contributed by atoms with Crippen LogP contribution in [0.4, 0.5) is 0 Å². The van der Waals surface area contributed by atoms with E-state index in [1.54, 1.807) is 0 Å². The highest BCUT2D eigenvalue weighted by Crippen LogP contribution is 2.71. The van der Waals surface area contributed by atoms with E-state index >= 15 is 0 Å². The second-order valence-corrected chi connectivity index (χ2v) is 13.8. The van der Waals surface area contributed by atoms with Gasteiger partial charge in [-0.1, -0.05) is 27.7 Å². The molecule has 0 radical (unpaired) electrons. The zero-order valence-electron chi connectivity index (χ0n) is 21.9. The van der Waals surface area contributed by atoms with Crippen LogP contribution in [0.15, 0.2) is 0 Å². The second kappa shape index (κ2) is 8.18. The summed E-state index contributed by atoms with van der Waals surface area (Å²) in [5.74, 6) is 4.35. The van der Waals surface area contributed by atoms with Gasteiger partial charge in [0, 0.05) is 12.3 Å². The van der Waals surface area contributed by atoms with E-state index in [9.17, 15) is 4.79 Å². The zero-order valence-corrected chi connectivity index (χ0v) is 21.9. The number of hydrogen-bond acceptors (Lipinski definition) is 5. The Morgan fingerprint density at radius 3 is 2.50 bits per heavy atom. The Morgan fingerprint density at radius 2 is 1.76 bits per heavy atom. The Kier molecular flexibility index (Phi) is 5.71. The Morgan fingerprint density at radius 1 is 0.971 bits per heavy atom. The topological polar surface area (TPSA) is 70.8 Å². The lowest BCUT2D eigenvalue weighted by atomic mass is 9.44. The summed E-state index contributed by atoms with van der Waals surface area (Å²) in [5, 5.41) is 0. The van der Waals surface area contributed by atoms with Crippen molar-refractivity contribution in [1.29, 1.82) is 0 Å². The quantitative estimate of drug-likeness (QED) is 0.551. The van der Waals surface area contributed by atoms with Crippen LogP contribution in [0, 0.1) is 52.3 Å². The van der Waals surface area contributed by atoms with Crippen molar-refractivity contribution in [2.45, 2.75) is 110 Å². The van der Waals surface area contributed by atoms with Crippen LogP contribution >= 0.6 is 0 Å². The van der Waals surface area contributed by atoms with Crippen LogP contribution in [0.25, 0.3) is 0 Å². The molecule has 6 aliphatic rings. The Bertz CT molecular complexity index is 808. The lowest BCUT2D eigenvalue weighted by molar-refractivity contribution is -0.273. The van der Waals surface area contributed by atoms with E-state index in [0.717, 1.165) is 43.6 Å². The summed E-state index contributed by atoms with van der Waals surface area (Å²) in [5.41, 5.74) is 6.28. The highest BCUT2D eigenvalue weighted by molar-refractivity contribution is 5.71. The van der Waals surface area contributed by atoms with Crippen molar-refractivity contribution >= 4 is 5.97 Å². The SMILES string of the molecule is CC1C2C(CC3C4CCC5C[C@H](OC(=O)CN)CC[C@]5(C)C4CC[C@@]32C)O[C@]12CC[C@@H](C)CO2.